The predicted molar refractivity (Wildman–Crippen MR) is 77.2 cm³/mol. The first kappa shape index (κ1) is 15.1. The van der Waals surface area contributed by atoms with Crippen molar-refractivity contribution in [3.8, 4) is 0 Å². The fraction of sp³-hybridized carbons (Fsp3) is 0.533. The number of benzene rings is 1. The lowest BCUT2D eigenvalue weighted by Crippen LogP contribution is -2.02. The molecule has 100 valence electrons. The number of rotatable bonds is 7. The summed E-state index contributed by atoms with van der Waals surface area (Å²) in [7, 11) is -0.814. The Hall–Kier alpha value is -0.960. The number of carbonyl (C=O) groups is 1. The molecule has 0 radical (unpaired) electrons. The average Bonchev–Trinajstić information content (AvgIpc) is 2.22. The van der Waals surface area contributed by atoms with Gasteiger partial charge in [-0.1, -0.05) is 29.3 Å². The number of unbranched alkanes of at least 4 members (excludes halogenated alkanes) is 1. The van der Waals surface area contributed by atoms with E-state index < -0.39 is 10.8 Å². The second-order valence-corrected chi connectivity index (χ2v) is 6.52. The fourth-order valence-corrected chi connectivity index (χ4v) is 3.26. The number of Topliss-reactive ketones (excluding diaryl/α,β-unsaturated/α-hetero) is 1. The van der Waals surface area contributed by atoms with Gasteiger partial charge >= 0.3 is 0 Å². The highest BCUT2D eigenvalue weighted by Crippen LogP contribution is 2.11. The Morgan fingerprint density at radius 1 is 1.11 bits per heavy atom. The first-order valence-corrected chi connectivity index (χ1v) is 7.88. The van der Waals surface area contributed by atoms with E-state index in [1.54, 1.807) is 6.92 Å². The fourth-order valence-electron chi connectivity index (χ4n) is 2.05. The van der Waals surface area contributed by atoms with Crippen molar-refractivity contribution in [3.05, 3.63) is 34.9 Å². The van der Waals surface area contributed by atoms with Crippen LogP contribution in [0.2, 0.25) is 0 Å². The van der Waals surface area contributed by atoms with Gasteiger partial charge in [0.2, 0.25) is 0 Å². The van der Waals surface area contributed by atoms with Crippen LogP contribution in [0, 0.1) is 13.8 Å². The van der Waals surface area contributed by atoms with E-state index in [2.05, 4.69) is 32.0 Å². The van der Waals surface area contributed by atoms with Crippen LogP contribution in [0.3, 0.4) is 0 Å². The molecule has 1 aromatic carbocycles. The van der Waals surface area contributed by atoms with Crippen molar-refractivity contribution >= 4 is 16.6 Å². The maximum atomic E-state index is 11.9. The van der Waals surface area contributed by atoms with E-state index >= 15 is 0 Å². The summed E-state index contributed by atoms with van der Waals surface area (Å²) in [5.41, 5.74) is 3.59. The summed E-state index contributed by atoms with van der Waals surface area (Å²) < 4.78 is 11.9. The van der Waals surface area contributed by atoms with Gasteiger partial charge in [-0.15, -0.1) is 0 Å². The molecular weight excluding hydrogens is 244 g/mol. The van der Waals surface area contributed by atoms with Crippen molar-refractivity contribution in [1.82, 2.24) is 0 Å². The smallest absolute Gasteiger partial charge is 0.129 e. The molecule has 1 aromatic rings. The van der Waals surface area contributed by atoms with Crippen LogP contribution >= 0.6 is 0 Å². The Morgan fingerprint density at radius 2 is 1.72 bits per heavy atom. The van der Waals surface area contributed by atoms with Crippen LogP contribution in [-0.2, 0) is 21.3 Å². The Morgan fingerprint density at radius 3 is 2.28 bits per heavy atom. The quantitative estimate of drug-likeness (QED) is 0.710. The SMILES string of the molecule is CC(=O)CCCCS(=O)Cc1cc(C)cc(C)c1. The molecule has 0 aliphatic rings. The Kier molecular flexibility index (Phi) is 6.27. The van der Waals surface area contributed by atoms with Crippen LogP contribution in [0.5, 0.6) is 0 Å². The summed E-state index contributed by atoms with van der Waals surface area (Å²) in [6, 6.07) is 6.32. The average molecular weight is 266 g/mol. The third kappa shape index (κ3) is 6.10. The van der Waals surface area contributed by atoms with Gasteiger partial charge in [-0.25, -0.2) is 0 Å². The van der Waals surface area contributed by atoms with Crippen molar-refractivity contribution in [3.63, 3.8) is 0 Å². The maximum Gasteiger partial charge on any atom is 0.129 e. The first-order valence-electron chi connectivity index (χ1n) is 6.39. The van der Waals surface area contributed by atoms with Crippen molar-refractivity contribution < 1.29 is 9.00 Å². The lowest BCUT2D eigenvalue weighted by Gasteiger charge is -2.05. The molecule has 0 fully saturated rings. The van der Waals surface area contributed by atoms with Crippen molar-refractivity contribution in [2.75, 3.05) is 5.75 Å². The molecule has 2 nitrogen and oxygen atoms in total. The summed E-state index contributed by atoms with van der Waals surface area (Å²) in [6.45, 7) is 5.73. The molecule has 0 aliphatic heterocycles. The van der Waals surface area contributed by atoms with E-state index in [0.29, 0.717) is 17.9 Å². The van der Waals surface area contributed by atoms with E-state index in [1.807, 2.05) is 0 Å². The molecule has 0 aliphatic carbocycles. The van der Waals surface area contributed by atoms with E-state index in [9.17, 15) is 9.00 Å². The molecule has 0 saturated heterocycles. The summed E-state index contributed by atoms with van der Waals surface area (Å²) in [6.07, 6.45) is 2.34. The first-order chi connectivity index (χ1) is 8.47. The van der Waals surface area contributed by atoms with E-state index in [0.717, 1.165) is 18.4 Å². The minimum atomic E-state index is -0.814. The van der Waals surface area contributed by atoms with Gasteiger partial charge in [0.25, 0.3) is 0 Å². The molecule has 18 heavy (non-hydrogen) atoms. The highest BCUT2D eigenvalue weighted by Gasteiger charge is 2.04. The predicted octanol–water partition coefficient (Wildman–Crippen LogP) is 3.31. The minimum absolute atomic E-state index is 0.218. The molecule has 0 N–H and O–H groups in total. The standard InChI is InChI=1S/C15H22O2S/c1-12-8-13(2)10-15(9-12)11-18(17)7-5-4-6-14(3)16/h8-10H,4-7,11H2,1-3H3. The largest absolute Gasteiger partial charge is 0.300 e. The van der Waals surface area contributed by atoms with E-state index in [-0.39, 0.29) is 5.78 Å². The van der Waals surface area contributed by atoms with Crippen molar-refractivity contribution in [2.45, 2.75) is 45.8 Å². The maximum absolute atomic E-state index is 11.9. The highest BCUT2D eigenvalue weighted by molar-refractivity contribution is 7.84. The van der Waals surface area contributed by atoms with Crippen LogP contribution in [0.4, 0.5) is 0 Å². The summed E-state index contributed by atoms with van der Waals surface area (Å²) in [5.74, 6) is 1.54. The Balaban J connectivity index is 2.37. The van der Waals surface area contributed by atoms with Gasteiger partial charge < -0.3 is 4.79 Å². The van der Waals surface area contributed by atoms with Crippen molar-refractivity contribution in [2.24, 2.45) is 0 Å². The van der Waals surface area contributed by atoms with Gasteiger partial charge in [0.05, 0.1) is 0 Å². The van der Waals surface area contributed by atoms with Crippen molar-refractivity contribution in [1.29, 1.82) is 0 Å². The third-order valence-corrected chi connectivity index (χ3v) is 4.16. The van der Waals surface area contributed by atoms with E-state index in [4.69, 9.17) is 0 Å². The van der Waals surface area contributed by atoms with Gasteiger partial charge in [-0.3, -0.25) is 4.21 Å². The number of carbonyl (C=O) groups excluding carboxylic acids is 1. The van der Waals surface area contributed by atoms with E-state index in [1.165, 1.54) is 11.1 Å². The molecule has 1 atom stereocenters. The second-order valence-electron chi connectivity index (χ2n) is 4.94. The lowest BCUT2D eigenvalue weighted by atomic mass is 10.1. The normalized spacial score (nSPS) is 12.4. The summed E-state index contributed by atoms with van der Waals surface area (Å²) >= 11 is 0. The summed E-state index contributed by atoms with van der Waals surface area (Å²) in [4.78, 5) is 10.8. The van der Waals surface area contributed by atoms with Crippen LogP contribution < -0.4 is 0 Å². The van der Waals surface area contributed by atoms with Gasteiger partial charge in [0, 0.05) is 28.7 Å². The van der Waals surface area contributed by atoms with Gasteiger partial charge in [0.1, 0.15) is 5.78 Å². The van der Waals surface area contributed by atoms with Gasteiger partial charge in [-0.2, -0.15) is 0 Å². The molecule has 3 heteroatoms. The third-order valence-electron chi connectivity index (χ3n) is 2.76. The zero-order chi connectivity index (χ0) is 13.5. The Labute approximate surface area is 112 Å². The molecule has 0 heterocycles. The molecule has 1 rings (SSSR count). The molecule has 0 aromatic heterocycles. The van der Waals surface area contributed by atoms with Crippen LogP contribution in [0.25, 0.3) is 0 Å². The monoisotopic (exact) mass is 266 g/mol. The summed E-state index contributed by atoms with van der Waals surface area (Å²) in [5, 5.41) is 0. The van der Waals surface area contributed by atoms with Crippen LogP contribution in [0.1, 0.15) is 42.9 Å². The number of hydrogen-bond acceptors (Lipinski definition) is 2. The Bertz CT molecular complexity index is 418. The molecule has 0 saturated carbocycles. The topological polar surface area (TPSA) is 34.1 Å². The second kappa shape index (κ2) is 7.47. The number of ketones is 1. The van der Waals surface area contributed by atoms with Gasteiger partial charge in [0.15, 0.2) is 0 Å². The molecular formula is C15H22O2S. The zero-order valence-corrected chi connectivity index (χ0v) is 12.3. The lowest BCUT2D eigenvalue weighted by molar-refractivity contribution is -0.117. The van der Waals surface area contributed by atoms with Gasteiger partial charge in [-0.05, 0) is 39.2 Å². The molecule has 0 spiro atoms. The highest BCUT2D eigenvalue weighted by atomic mass is 32.2. The number of aryl methyl sites for hydroxylation is 2. The molecule has 0 amide bonds. The molecule has 0 bridgehead atoms. The number of hydrogen-bond donors (Lipinski definition) is 0. The molecule has 1 unspecified atom stereocenters. The van der Waals surface area contributed by atoms with Crippen LogP contribution in [0.15, 0.2) is 18.2 Å². The van der Waals surface area contributed by atoms with Crippen LogP contribution in [-0.4, -0.2) is 15.7 Å². The zero-order valence-electron chi connectivity index (χ0n) is 11.5. The minimum Gasteiger partial charge on any atom is -0.300 e.